The average molecular weight is 313 g/mol. The van der Waals surface area contributed by atoms with Crippen LogP contribution >= 0.6 is 0 Å². The molecular weight excluding hydrogens is 298 g/mol. The molecule has 3 aromatic rings. The molecule has 1 aliphatic rings. The molecule has 0 radical (unpaired) electrons. The summed E-state index contributed by atoms with van der Waals surface area (Å²) in [6, 6.07) is 15.9. The molecular formula is C17H15NO3S. The highest BCUT2D eigenvalue weighted by atomic mass is 32.2. The van der Waals surface area contributed by atoms with E-state index in [1.165, 1.54) is 0 Å². The van der Waals surface area contributed by atoms with Crippen molar-refractivity contribution in [3.05, 3.63) is 54.1 Å². The third-order valence-electron chi connectivity index (χ3n) is 4.37. The molecule has 1 atom stereocenters. The van der Waals surface area contributed by atoms with Crippen LogP contribution in [-0.2, 0) is 10.1 Å². The van der Waals surface area contributed by atoms with E-state index >= 15 is 0 Å². The fourth-order valence-corrected chi connectivity index (χ4v) is 4.30. The van der Waals surface area contributed by atoms with E-state index in [1.54, 1.807) is 0 Å². The largest absolute Gasteiger partial charge is 0.384 e. The highest BCUT2D eigenvalue weighted by Gasteiger charge is 2.31. The van der Waals surface area contributed by atoms with Crippen molar-refractivity contribution >= 4 is 37.4 Å². The number of anilines is 1. The summed E-state index contributed by atoms with van der Waals surface area (Å²) in [5, 5.41) is 6.81. The second-order valence-electron chi connectivity index (χ2n) is 5.63. The molecule has 0 amide bonds. The molecule has 0 saturated heterocycles. The summed E-state index contributed by atoms with van der Waals surface area (Å²) in [5.74, 6) is 0. The summed E-state index contributed by atoms with van der Waals surface area (Å²) in [4.78, 5) is 0. The monoisotopic (exact) mass is 313 g/mol. The van der Waals surface area contributed by atoms with Gasteiger partial charge in [0.25, 0.3) is 10.1 Å². The Morgan fingerprint density at radius 2 is 1.73 bits per heavy atom. The lowest BCUT2D eigenvalue weighted by atomic mass is 9.94. The van der Waals surface area contributed by atoms with Gasteiger partial charge in [0.15, 0.2) is 0 Å². The first-order valence-electron chi connectivity index (χ1n) is 7.20. The van der Waals surface area contributed by atoms with E-state index in [1.807, 2.05) is 36.4 Å². The molecule has 1 unspecified atom stereocenters. The van der Waals surface area contributed by atoms with Crippen molar-refractivity contribution in [2.75, 3.05) is 11.9 Å². The maximum Gasteiger partial charge on any atom is 0.272 e. The molecule has 4 rings (SSSR count). The Balaban J connectivity index is 2.06. The average Bonchev–Trinajstić information content (AvgIpc) is 2.52. The van der Waals surface area contributed by atoms with Gasteiger partial charge in [-0.3, -0.25) is 4.55 Å². The maximum absolute atomic E-state index is 11.6. The molecule has 5 heteroatoms. The van der Waals surface area contributed by atoms with Crippen LogP contribution in [0.25, 0.3) is 21.5 Å². The van der Waals surface area contributed by atoms with E-state index in [-0.39, 0.29) is 0 Å². The van der Waals surface area contributed by atoms with E-state index in [4.69, 9.17) is 0 Å². The zero-order chi connectivity index (χ0) is 15.3. The summed E-state index contributed by atoms with van der Waals surface area (Å²) >= 11 is 0. The van der Waals surface area contributed by atoms with Crippen molar-refractivity contribution in [3.63, 3.8) is 0 Å². The van der Waals surface area contributed by atoms with Crippen LogP contribution < -0.4 is 5.32 Å². The second kappa shape index (κ2) is 4.69. The van der Waals surface area contributed by atoms with Crippen LogP contribution in [-0.4, -0.2) is 19.5 Å². The summed E-state index contributed by atoms with van der Waals surface area (Å²) in [5.41, 5.74) is 1.47. The lowest BCUT2D eigenvalue weighted by Gasteiger charge is -2.26. The van der Waals surface area contributed by atoms with Crippen LogP contribution in [0.5, 0.6) is 0 Å². The van der Waals surface area contributed by atoms with Crippen LogP contribution in [0.4, 0.5) is 5.69 Å². The van der Waals surface area contributed by atoms with Crippen molar-refractivity contribution in [3.8, 4) is 0 Å². The topological polar surface area (TPSA) is 66.4 Å². The maximum atomic E-state index is 11.6. The van der Waals surface area contributed by atoms with E-state index in [9.17, 15) is 13.0 Å². The van der Waals surface area contributed by atoms with E-state index in [0.717, 1.165) is 27.2 Å². The fraction of sp³-hybridized carbons (Fsp3) is 0.176. The van der Waals surface area contributed by atoms with Gasteiger partial charge in [-0.25, -0.2) is 0 Å². The Labute approximate surface area is 128 Å². The summed E-state index contributed by atoms with van der Waals surface area (Å²) < 4.78 is 32.7. The predicted molar refractivity (Wildman–Crippen MR) is 88.9 cm³/mol. The van der Waals surface area contributed by atoms with Gasteiger partial charge in [-0.15, -0.1) is 0 Å². The van der Waals surface area contributed by atoms with Crippen molar-refractivity contribution < 1.29 is 13.0 Å². The molecule has 2 N–H and O–H groups in total. The Bertz CT molecular complexity index is 995. The molecule has 0 fully saturated rings. The van der Waals surface area contributed by atoms with Gasteiger partial charge in [-0.1, -0.05) is 48.5 Å². The second-order valence-corrected chi connectivity index (χ2v) is 7.23. The van der Waals surface area contributed by atoms with Gasteiger partial charge in [0.1, 0.15) is 5.25 Å². The Hall–Kier alpha value is -2.11. The van der Waals surface area contributed by atoms with Gasteiger partial charge in [-0.2, -0.15) is 8.42 Å². The SMILES string of the molecule is O=S(=O)(O)C1CCNc2c1ccc1c2ccc2ccccc21. The zero-order valence-electron chi connectivity index (χ0n) is 11.8. The van der Waals surface area contributed by atoms with E-state index in [2.05, 4.69) is 17.4 Å². The lowest BCUT2D eigenvalue weighted by Crippen LogP contribution is -2.22. The quantitative estimate of drug-likeness (QED) is 0.530. The molecule has 22 heavy (non-hydrogen) atoms. The number of nitrogens with one attached hydrogen (secondary N) is 1. The van der Waals surface area contributed by atoms with Crippen LogP contribution in [0.3, 0.4) is 0 Å². The predicted octanol–water partition coefficient (Wildman–Crippen LogP) is 3.74. The fourth-order valence-electron chi connectivity index (χ4n) is 3.36. The summed E-state index contributed by atoms with van der Waals surface area (Å²) in [7, 11) is -4.09. The van der Waals surface area contributed by atoms with Crippen LogP contribution in [0.1, 0.15) is 17.2 Å². The zero-order valence-corrected chi connectivity index (χ0v) is 12.6. The van der Waals surface area contributed by atoms with Gasteiger partial charge in [0.2, 0.25) is 0 Å². The first-order valence-corrected chi connectivity index (χ1v) is 8.70. The standard InChI is InChI=1S/C17H15NO3S/c19-22(20,21)16-9-10-18-17-14-6-5-11-3-1-2-4-12(11)13(14)7-8-15(16)17/h1-8,16,18H,9-10H2,(H,19,20,21). The van der Waals surface area contributed by atoms with Crippen LogP contribution in [0.15, 0.2) is 48.5 Å². The molecule has 0 spiro atoms. The minimum Gasteiger partial charge on any atom is -0.384 e. The third kappa shape index (κ3) is 1.97. The van der Waals surface area contributed by atoms with Crippen LogP contribution in [0, 0.1) is 0 Å². The van der Waals surface area contributed by atoms with Crippen molar-refractivity contribution in [1.82, 2.24) is 0 Å². The number of rotatable bonds is 1. The first-order chi connectivity index (χ1) is 10.6. The number of hydrogen-bond acceptors (Lipinski definition) is 3. The number of benzene rings is 3. The molecule has 4 nitrogen and oxygen atoms in total. The van der Waals surface area contributed by atoms with E-state index in [0.29, 0.717) is 18.5 Å². The highest BCUT2D eigenvalue weighted by Crippen LogP contribution is 2.41. The summed E-state index contributed by atoms with van der Waals surface area (Å²) in [6.45, 7) is 0.531. The minimum atomic E-state index is -4.09. The molecule has 0 saturated carbocycles. The third-order valence-corrected chi connectivity index (χ3v) is 5.58. The molecule has 0 bridgehead atoms. The minimum absolute atomic E-state index is 0.380. The van der Waals surface area contributed by atoms with Gasteiger partial charge in [0, 0.05) is 17.6 Å². The normalized spacial score (nSPS) is 18.1. The van der Waals surface area contributed by atoms with Crippen molar-refractivity contribution in [2.45, 2.75) is 11.7 Å². The smallest absolute Gasteiger partial charge is 0.272 e. The highest BCUT2D eigenvalue weighted by molar-refractivity contribution is 7.86. The Morgan fingerprint density at radius 3 is 2.55 bits per heavy atom. The van der Waals surface area contributed by atoms with Gasteiger partial charge >= 0.3 is 0 Å². The lowest BCUT2D eigenvalue weighted by molar-refractivity contribution is 0.464. The molecule has 112 valence electrons. The van der Waals surface area contributed by atoms with Gasteiger partial charge in [0.05, 0.1) is 0 Å². The number of hydrogen-bond donors (Lipinski definition) is 2. The van der Waals surface area contributed by atoms with Crippen LogP contribution in [0.2, 0.25) is 0 Å². The molecule has 1 heterocycles. The number of fused-ring (bicyclic) bond motifs is 5. The Morgan fingerprint density at radius 1 is 0.955 bits per heavy atom. The van der Waals surface area contributed by atoms with Crippen molar-refractivity contribution in [1.29, 1.82) is 0 Å². The first kappa shape index (κ1) is 13.5. The van der Waals surface area contributed by atoms with Crippen molar-refractivity contribution in [2.24, 2.45) is 0 Å². The summed E-state index contributed by atoms with van der Waals surface area (Å²) in [6.07, 6.45) is 0.380. The van der Waals surface area contributed by atoms with Gasteiger partial charge in [-0.05, 0) is 28.1 Å². The molecule has 3 aromatic carbocycles. The van der Waals surface area contributed by atoms with E-state index < -0.39 is 15.4 Å². The van der Waals surface area contributed by atoms with Gasteiger partial charge < -0.3 is 5.32 Å². The molecule has 1 aliphatic heterocycles. The Kier molecular flexibility index (Phi) is 2.89. The molecule has 0 aromatic heterocycles. The molecule has 0 aliphatic carbocycles.